The van der Waals surface area contributed by atoms with Crippen LogP contribution < -0.4 is 0 Å². The SMILES string of the molecule is CCOCc1cnc(C)nc1C1CCCN(C(=O)c2cncnc2)C1. The molecule has 1 fully saturated rings. The molecule has 1 unspecified atom stereocenters. The molecule has 2 aromatic rings. The number of rotatable bonds is 5. The fourth-order valence-corrected chi connectivity index (χ4v) is 3.17. The largest absolute Gasteiger partial charge is 0.377 e. The van der Waals surface area contributed by atoms with E-state index in [0.717, 1.165) is 36.5 Å². The number of ether oxygens (including phenoxy) is 1. The summed E-state index contributed by atoms with van der Waals surface area (Å²) in [5, 5.41) is 0. The van der Waals surface area contributed by atoms with Gasteiger partial charge in [-0.2, -0.15) is 0 Å². The van der Waals surface area contributed by atoms with E-state index in [1.807, 2.05) is 24.9 Å². The Hall–Kier alpha value is -2.41. The number of carbonyl (C=O) groups excluding carboxylic acids is 1. The van der Waals surface area contributed by atoms with Crippen LogP contribution in [0.2, 0.25) is 0 Å². The van der Waals surface area contributed by atoms with Crippen molar-refractivity contribution in [1.82, 2.24) is 24.8 Å². The Kier molecular flexibility index (Phi) is 5.65. The smallest absolute Gasteiger partial charge is 0.257 e. The minimum atomic E-state index is -0.0255. The van der Waals surface area contributed by atoms with Crippen molar-refractivity contribution < 1.29 is 9.53 Å². The molecule has 132 valence electrons. The van der Waals surface area contributed by atoms with Gasteiger partial charge in [0.05, 0.1) is 17.9 Å². The number of likely N-dealkylation sites (tertiary alicyclic amines) is 1. The molecule has 1 aliphatic rings. The highest BCUT2D eigenvalue weighted by atomic mass is 16.5. The van der Waals surface area contributed by atoms with Gasteiger partial charge in [0, 0.05) is 49.8 Å². The molecule has 1 amide bonds. The highest BCUT2D eigenvalue weighted by Crippen LogP contribution is 2.29. The second-order valence-electron chi connectivity index (χ2n) is 6.18. The van der Waals surface area contributed by atoms with Crippen LogP contribution >= 0.6 is 0 Å². The molecule has 0 aromatic carbocycles. The van der Waals surface area contributed by atoms with Crippen LogP contribution in [-0.4, -0.2) is 50.4 Å². The lowest BCUT2D eigenvalue weighted by molar-refractivity contribution is 0.0703. The van der Waals surface area contributed by atoms with Gasteiger partial charge in [0.15, 0.2) is 0 Å². The monoisotopic (exact) mass is 341 g/mol. The fraction of sp³-hybridized carbons (Fsp3) is 0.500. The second-order valence-corrected chi connectivity index (χ2v) is 6.18. The van der Waals surface area contributed by atoms with Gasteiger partial charge >= 0.3 is 0 Å². The number of aryl methyl sites for hydroxylation is 1. The number of nitrogens with zero attached hydrogens (tertiary/aromatic N) is 5. The van der Waals surface area contributed by atoms with Crippen LogP contribution in [0.3, 0.4) is 0 Å². The van der Waals surface area contributed by atoms with Crippen molar-refractivity contribution in [3.05, 3.63) is 47.6 Å². The zero-order valence-electron chi connectivity index (χ0n) is 14.7. The van der Waals surface area contributed by atoms with E-state index in [9.17, 15) is 4.79 Å². The fourth-order valence-electron chi connectivity index (χ4n) is 3.17. The first kappa shape index (κ1) is 17.4. The number of aromatic nitrogens is 4. The van der Waals surface area contributed by atoms with E-state index >= 15 is 0 Å². The van der Waals surface area contributed by atoms with E-state index in [1.165, 1.54) is 6.33 Å². The van der Waals surface area contributed by atoms with E-state index in [0.29, 0.717) is 25.3 Å². The van der Waals surface area contributed by atoms with Crippen molar-refractivity contribution in [3.63, 3.8) is 0 Å². The standard InChI is InChI=1S/C18H23N5O2/c1-3-25-11-16-9-21-13(2)22-17(16)14-5-4-6-23(10-14)18(24)15-7-19-12-20-8-15/h7-9,12,14H,3-6,10-11H2,1-2H3. The van der Waals surface area contributed by atoms with Gasteiger partial charge in [0.1, 0.15) is 12.2 Å². The van der Waals surface area contributed by atoms with Gasteiger partial charge in [-0.3, -0.25) is 4.79 Å². The molecule has 0 bridgehead atoms. The summed E-state index contributed by atoms with van der Waals surface area (Å²) in [6.45, 7) is 6.40. The number of amides is 1. The molecular weight excluding hydrogens is 318 g/mol. The van der Waals surface area contributed by atoms with E-state index < -0.39 is 0 Å². The molecule has 0 aliphatic carbocycles. The van der Waals surface area contributed by atoms with Crippen molar-refractivity contribution in [3.8, 4) is 0 Å². The van der Waals surface area contributed by atoms with Gasteiger partial charge in [0.25, 0.3) is 5.91 Å². The molecular formula is C18H23N5O2. The molecule has 1 atom stereocenters. The molecule has 0 spiro atoms. The van der Waals surface area contributed by atoms with Gasteiger partial charge in [0.2, 0.25) is 0 Å². The molecule has 0 radical (unpaired) electrons. The molecule has 2 aromatic heterocycles. The molecule has 0 N–H and O–H groups in total. The molecule has 0 saturated carbocycles. The minimum Gasteiger partial charge on any atom is -0.377 e. The Morgan fingerprint density at radius 3 is 2.88 bits per heavy atom. The highest BCUT2D eigenvalue weighted by molar-refractivity contribution is 5.93. The second kappa shape index (κ2) is 8.11. The first-order valence-electron chi connectivity index (χ1n) is 8.63. The molecule has 7 heteroatoms. The zero-order valence-corrected chi connectivity index (χ0v) is 14.7. The summed E-state index contributed by atoms with van der Waals surface area (Å²) < 4.78 is 5.56. The van der Waals surface area contributed by atoms with Crippen molar-refractivity contribution in [2.45, 2.75) is 39.2 Å². The van der Waals surface area contributed by atoms with Crippen LogP contribution in [0, 0.1) is 6.92 Å². The Morgan fingerprint density at radius 2 is 2.12 bits per heavy atom. The van der Waals surface area contributed by atoms with Crippen LogP contribution in [0.5, 0.6) is 0 Å². The van der Waals surface area contributed by atoms with Crippen LogP contribution in [0.1, 0.15) is 53.1 Å². The van der Waals surface area contributed by atoms with Crippen molar-refractivity contribution in [1.29, 1.82) is 0 Å². The summed E-state index contributed by atoms with van der Waals surface area (Å²) in [7, 11) is 0. The quantitative estimate of drug-likeness (QED) is 0.829. The Balaban J connectivity index is 1.79. The van der Waals surface area contributed by atoms with E-state index in [1.54, 1.807) is 12.4 Å². The van der Waals surface area contributed by atoms with Gasteiger partial charge in [-0.15, -0.1) is 0 Å². The van der Waals surface area contributed by atoms with E-state index in [4.69, 9.17) is 4.74 Å². The lowest BCUT2D eigenvalue weighted by Crippen LogP contribution is -2.39. The molecule has 3 rings (SSSR count). The third-order valence-electron chi connectivity index (χ3n) is 4.38. The van der Waals surface area contributed by atoms with Gasteiger partial charge in [-0.25, -0.2) is 19.9 Å². The Bertz CT molecular complexity index is 723. The van der Waals surface area contributed by atoms with Gasteiger partial charge < -0.3 is 9.64 Å². The zero-order chi connectivity index (χ0) is 17.6. The summed E-state index contributed by atoms with van der Waals surface area (Å²) in [4.78, 5) is 31.4. The van der Waals surface area contributed by atoms with Crippen LogP contribution in [0.15, 0.2) is 24.9 Å². The average Bonchev–Trinajstić information content (AvgIpc) is 2.67. The molecule has 25 heavy (non-hydrogen) atoms. The average molecular weight is 341 g/mol. The minimum absolute atomic E-state index is 0.0255. The first-order valence-corrected chi connectivity index (χ1v) is 8.63. The van der Waals surface area contributed by atoms with Crippen LogP contribution in [-0.2, 0) is 11.3 Å². The maximum Gasteiger partial charge on any atom is 0.257 e. The lowest BCUT2D eigenvalue weighted by atomic mass is 9.91. The van der Waals surface area contributed by atoms with Crippen LogP contribution in [0.4, 0.5) is 0 Å². The third kappa shape index (κ3) is 4.17. The predicted molar refractivity (Wildman–Crippen MR) is 92.0 cm³/mol. The molecule has 3 heterocycles. The first-order chi connectivity index (χ1) is 12.2. The number of piperidine rings is 1. The van der Waals surface area contributed by atoms with Crippen molar-refractivity contribution in [2.24, 2.45) is 0 Å². The summed E-state index contributed by atoms with van der Waals surface area (Å²) in [6.07, 6.45) is 8.35. The number of hydrogen-bond donors (Lipinski definition) is 0. The van der Waals surface area contributed by atoms with E-state index in [-0.39, 0.29) is 11.8 Å². The predicted octanol–water partition coefficient (Wildman–Crippen LogP) is 2.13. The summed E-state index contributed by atoms with van der Waals surface area (Å²) in [5.41, 5.74) is 2.54. The molecule has 1 aliphatic heterocycles. The summed E-state index contributed by atoms with van der Waals surface area (Å²) in [5.74, 6) is 0.914. The molecule has 7 nitrogen and oxygen atoms in total. The number of carbonyl (C=O) groups is 1. The Morgan fingerprint density at radius 1 is 1.32 bits per heavy atom. The third-order valence-corrected chi connectivity index (χ3v) is 4.38. The molecule has 1 saturated heterocycles. The van der Waals surface area contributed by atoms with Crippen molar-refractivity contribution >= 4 is 5.91 Å². The van der Waals surface area contributed by atoms with Crippen molar-refractivity contribution in [2.75, 3.05) is 19.7 Å². The highest BCUT2D eigenvalue weighted by Gasteiger charge is 2.28. The maximum absolute atomic E-state index is 12.7. The normalized spacial score (nSPS) is 17.5. The topological polar surface area (TPSA) is 81.1 Å². The number of hydrogen-bond acceptors (Lipinski definition) is 6. The summed E-state index contributed by atoms with van der Waals surface area (Å²) >= 11 is 0. The van der Waals surface area contributed by atoms with E-state index in [2.05, 4.69) is 19.9 Å². The van der Waals surface area contributed by atoms with Gasteiger partial charge in [-0.05, 0) is 26.7 Å². The van der Waals surface area contributed by atoms with Gasteiger partial charge in [-0.1, -0.05) is 0 Å². The maximum atomic E-state index is 12.7. The van der Waals surface area contributed by atoms with Crippen LogP contribution in [0.25, 0.3) is 0 Å². The lowest BCUT2D eigenvalue weighted by Gasteiger charge is -2.33. The summed E-state index contributed by atoms with van der Waals surface area (Å²) in [6, 6.07) is 0. The Labute approximate surface area is 147 Å².